The summed E-state index contributed by atoms with van der Waals surface area (Å²) >= 11 is 1.71. The van der Waals surface area contributed by atoms with E-state index < -0.39 is 48.3 Å². The Morgan fingerprint density at radius 3 is 1.50 bits per heavy atom. The number of nitrogens with zero attached hydrogens (tertiary/aromatic N) is 4. The zero-order chi connectivity index (χ0) is 47.9. The van der Waals surface area contributed by atoms with E-state index in [9.17, 15) is 5.48 Å². The lowest BCUT2D eigenvalue weighted by Crippen LogP contribution is -2.04. The second-order valence-electron chi connectivity index (χ2n) is 15.0. The van der Waals surface area contributed by atoms with Crippen molar-refractivity contribution in [3.05, 3.63) is 218 Å². The first-order valence-corrected chi connectivity index (χ1v) is 21.0. The van der Waals surface area contributed by atoms with Gasteiger partial charge in [0.15, 0.2) is 17.5 Å². The fourth-order valence-corrected chi connectivity index (χ4v) is 9.43. The van der Waals surface area contributed by atoms with Crippen LogP contribution >= 0.6 is 11.3 Å². The summed E-state index contributed by atoms with van der Waals surface area (Å²) in [5, 5.41) is 2.13. The third kappa shape index (κ3) is 6.26. The normalized spacial score (nSPS) is 13.4. The molecular weight excluding hydrogens is 773 g/mol. The first kappa shape index (κ1) is 28.5. The van der Waals surface area contributed by atoms with E-state index in [0.29, 0.717) is 22.9 Å². The van der Waals surface area contributed by atoms with Gasteiger partial charge in [-0.05, 0) is 100 Å². The topological polar surface area (TPSA) is 43.6 Å². The fraction of sp³-hybridized carbons (Fsp3) is 0. The Kier molecular flexibility index (Phi) is 6.86. The Balaban J connectivity index is 1.20. The van der Waals surface area contributed by atoms with E-state index in [2.05, 4.69) is 66.7 Å². The minimum atomic E-state index is -0.517. The lowest BCUT2D eigenvalue weighted by Gasteiger charge is -2.17. The molecular formula is C57H36N4S. The molecule has 0 spiro atoms. The first-order chi connectivity index (χ1) is 34.0. The summed E-state index contributed by atoms with van der Waals surface area (Å²) in [6, 6.07) is 52.8. The van der Waals surface area contributed by atoms with Crippen LogP contribution in [0.5, 0.6) is 0 Å². The number of hydrogen-bond acceptors (Lipinski definition) is 4. The molecule has 0 fully saturated rings. The summed E-state index contributed by atoms with van der Waals surface area (Å²) in [6.45, 7) is 0. The molecule has 9 aromatic carbocycles. The SMILES string of the molecule is [2H]c1c([2H])c([2H])c2c(c1[2H])c1c([2H])c([2H])c([2H])c([2H])c1n2-c1ccc(-c2cc(-c3ccccc3)cc(-c3ccccc3)c2)cc1-c1nc(-c2ccccc2)nc(-c2ccc3sc4ccccc4c3c2)n1. The van der Waals surface area contributed by atoms with E-state index in [-0.39, 0.29) is 27.6 Å². The molecule has 12 rings (SSSR count). The molecule has 62 heavy (non-hydrogen) atoms. The van der Waals surface area contributed by atoms with Crippen LogP contribution in [0.25, 0.3) is 115 Å². The summed E-state index contributed by atoms with van der Waals surface area (Å²) in [5.41, 5.74) is 7.88. The number of rotatable bonds is 7. The third-order valence-electron chi connectivity index (χ3n) is 11.3. The van der Waals surface area contributed by atoms with Gasteiger partial charge >= 0.3 is 0 Å². The number of benzene rings is 9. The Labute approximate surface area is 374 Å². The lowest BCUT2D eigenvalue weighted by molar-refractivity contribution is 1.07. The molecule has 0 saturated carbocycles. The average Bonchev–Trinajstić information content (AvgIpc) is 3.98. The number of thiophene rings is 1. The molecule has 0 unspecified atom stereocenters. The number of hydrogen-bond donors (Lipinski definition) is 0. The van der Waals surface area contributed by atoms with E-state index in [0.717, 1.165) is 64.7 Å². The number of para-hydroxylation sites is 2. The maximum Gasteiger partial charge on any atom is 0.166 e. The van der Waals surface area contributed by atoms with Gasteiger partial charge in [-0.3, -0.25) is 0 Å². The molecule has 0 N–H and O–H groups in total. The van der Waals surface area contributed by atoms with Gasteiger partial charge in [-0.1, -0.05) is 152 Å². The molecule has 290 valence electrons. The zero-order valence-corrected chi connectivity index (χ0v) is 33.7. The van der Waals surface area contributed by atoms with Crippen molar-refractivity contribution < 1.29 is 11.0 Å². The Bertz CT molecular complexity index is 3970. The van der Waals surface area contributed by atoms with Crippen LogP contribution < -0.4 is 0 Å². The Morgan fingerprint density at radius 2 is 0.855 bits per heavy atom. The molecule has 0 bridgehead atoms. The van der Waals surface area contributed by atoms with E-state index in [1.54, 1.807) is 11.3 Å². The van der Waals surface area contributed by atoms with Gasteiger partial charge in [0.2, 0.25) is 0 Å². The highest BCUT2D eigenvalue weighted by molar-refractivity contribution is 7.25. The van der Waals surface area contributed by atoms with Crippen LogP contribution in [0.15, 0.2) is 218 Å². The first-order valence-electron chi connectivity index (χ1n) is 24.2. The maximum atomic E-state index is 9.39. The molecule has 12 aromatic rings. The standard InChI is InChI=1S/C57H36N4S/c1-4-16-37(17-5-1)42-32-43(38-18-6-2-7-19-38)34-44(33-42)40-28-30-52(61-50-25-13-10-22-45(50)46-23-11-14-26-51(46)61)49(35-40)57-59-55(39-20-8-3-9-21-39)58-56(60-57)41-29-31-54-48(36-41)47-24-12-15-27-53(47)62-54/h1-36H/i10D,11D,13D,14D,22D,23D,25D,26D. The molecule has 0 amide bonds. The smallest absolute Gasteiger partial charge is 0.166 e. The van der Waals surface area contributed by atoms with Crippen LogP contribution in [0.3, 0.4) is 0 Å². The van der Waals surface area contributed by atoms with Crippen LogP contribution in [0.4, 0.5) is 0 Å². The molecule has 0 radical (unpaired) electrons. The van der Waals surface area contributed by atoms with Gasteiger partial charge in [0, 0.05) is 47.6 Å². The van der Waals surface area contributed by atoms with Crippen LogP contribution in [0.2, 0.25) is 0 Å². The number of aromatic nitrogens is 4. The monoisotopic (exact) mass is 816 g/mol. The molecule has 0 aliphatic rings. The van der Waals surface area contributed by atoms with Crippen molar-refractivity contribution in [1.82, 2.24) is 19.5 Å². The van der Waals surface area contributed by atoms with Gasteiger partial charge in [-0.2, -0.15) is 0 Å². The largest absolute Gasteiger partial charge is 0.309 e. The minimum absolute atomic E-state index is 0.00760. The molecule has 5 heteroatoms. The summed E-state index contributed by atoms with van der Waals surface area (Å²) in [7, 11) is 0. The van der Waals surface area contributed by atoms with Crippen molar-refractivity contribution in [3.63, 3.8) is 0 Å². The lowest BCUT2D eigenvalue weighted by atomic mass is 9.92. The minimum Gasteiger partial charge on any atom is -0.309 e. The third-order valence-corrected chi connectivity index (χ3v) is 12.4. The summed E-state index contributed by atoms with van der Waals surface area (Å²) in [5.74, 6) is 1.01. The summed E-state index contributed by atoms with van der Waals surface area (Å²) in [6.07, 6.45) is 0. The molecule has 0 atom stereocenters. The molecule has 3 heterocycles. The molecule has 3 aromatic heterocycles. The Morgan fingerprint density at radius 1 is 0.355 bits per heavy atom. The van der Waals surface area contributed by atoms with Crippen molar-refractivity contribution in [2.24, 2.45) is 0 Å². The molecule has 0 saturated heterocycles. The van der Waals surface area contributed by atoms with Crippen LogP contribution in [-0.2, 0) is 0 Å². The Hall–Kier alpha value is -7.99. The van der Waals surface area contributed by atoms with Gasteiger partial charge < -0.3 is 4.57 Å². The predicted molar refractivity (Wildman–Crippen MR) is 260 cm³/mol. The quantitative estimate of drug-likeness (QED) is 0.161. The highest BCUT2D eigenvalue weighted by Crippen LogP contribution is 2.41. The maximum absolute atomic E-state index is 9.39. The van der Waals surface area contributed by atoms with E-state index >= 15 is 0 Å². The molecule has 0 aliphatic heterocycles. The zero-order valence-electron chi connectivity index (χ0n) is 40.9. The molecule has 0 aliphatic carbocycles. The van der Waals surface area contributed by atoms with Crippen LogP contribution in [0, 0.1) is 0 Å². The van der Waals surface area contributed by atoms with Crippen molar-refractivity contribution in [1.29, 1.82) is 0 Å². The fourth-order valence-electron chi connectivity index (χ4n) is 8.35. The van der Waals surface area contributed by atoms with Gasteiger partial charge in [-0.15, -0.1) is 11.3 Å². The number of fused-ring (bicyclic) bond motifs is 6. The predicted octanol–water partition coefficient (Wildman–Crippen LogP) is 15.3. The van der Waals surface area contributed by atoms with Crippen LogP contribution in [0.1, 0.15) is 11.0 Å². The van der Waals surface area contributed by atoms with Crippen molar-refractivity contribution in [2.75, 3.05) is 0 Å². The average molecular weight is 817 g/mol. The van der Waals surface area contributed by atoms with Crippen molar-refractivity contribution in [2.45, 2.75) is 0 Å². The highest BCUT2D eigenvalue weighted by atomic mass is 32.1. The van der Waals surface area contributed by atoms with Gasteiger partial charge in [0.25, 0.3) is 0 Å². The van der Waals surface area contributed by atoms with E-state index in [1.807, 2.05) is 103 Å². The second kappa shape index (κ2) is 14.9. The van der Waals surface area contributed by atoms with E-state index in [1.165, 1.54) is 4.57 Å². The summed E-state index contributed by atoms with van der Waals surface area (Å²) in [4.78, 5) is 15.6. The van der Waals surface area contributed by atoms with Gasteiger partial charge in [0.1, 0.15) is 0 Å². The second-order valence-corrected chi connectivity index (χ2v) is 16.1. The van der Waals surface area contributed by atoms with Gasteiger partial charge in [-0.25, -0.2) is 15.0 Å². The summed E-state index contributed by atoms with van der Waals surface area (Å²) < 4.78 is 76.1. The van der Waals surface area contributed by atoms with Crippen LogP contribution in [-0.4, -0.2) is 19.5 Å². The van der Waals surface area contributed by atoms with E-state index in [4.69, 9.17) is 20.4 Å². The molecule has 4 nitrogen and oxygen atoms in total. The van der Waals surface area contributed by atoms with Crippen molar-refractivity contribution >= 4 is 53.3 Å². The highest BCUT2D eigenvalue weighted by Gasteiger charge is 2.21. The van der Waals surface area contributed by atoms with Gasteiger partial charge in [0.05, 0.1) is 27.7 Å². The van der Waals surface area contributed by atoms with Crippen molar-refractivity contribution in [3.8, 4) is 73.2 Å².